The first-order valence-electron chi connectivity index (χ1n) is 10.8. The Morgan fingerprint density at radius 2 is 1.93 bits per heavy atom. The van der Waals surface area contributed by atoms with E-state index >= 15 is 0 Å². The van der Waals surface area contributed by atoms with E-state index in [1.54, 1.807) is 4.90 Å². The molecule has 3 aliphatic heterocycles. The molecule has 0 radical (unpaired) electrons. The number of rotatable bonds is 2. The molecule has 1 amide bonds. The van der Waals surface area contributed by atoms with Gasteiger partial charge < -0.3 is 24.1 Å². The molecule has 1 atom stereocenters. The smallest absolute Gasteiger partial charge is 0.349 e. The van der Waals surface area contributed by atoms with Crippen LogP contribution in [0, 0.1) is 12.3 Å². The fourth-order valence-corrected chi connectivity index (χ4v) is 5.40. The van der Waals surface area contributed by atoms with Crippen LogP contribution in [0.15, 0.2) is 15.3 Å². The molecule has 1 aromatic heterocycles. The SMILES string of the molecule is Cc1cc(C2CCOCC2)oc(=O)c1C(=O)N1CCC2(CC1)CC(O)CN(C)C2. The van der Waals surface area contributed by atoms with Crippen LogP contribution in [-0.2, 0) is 4.74 Å². The van der Waals surface area contributed by atoms with E-state index in [1.165, 1.54) is 0 Å². The lowest BCUT2D eigenvalue weighted by molar-refractivity contribution is -0.0287. The van der Waals surface area contributed by atoms with Crippen molar-refractivity contribution in [3.63, 3.8) is 0 Å². The lowest BCUT2D eigenvalue weighted by atomic mass is 9.71. The number of aliphatic hydroxyl groups is 1. The van der Waals surface area contributed by atoms with Crippen LogP contribution in [-0.4, -0.2) is 73.4 Å². The second-order valence-corrected chi connectivity index (χ2v) is 9.23. The summed E-state index contributed by atoms with van der Waals surface area (Å²) >= 11 is 0. The number of aliphatic hydroxyl groups excluding tert-OH is 1. The fourth-order valence-electron chi connectivity index (χ4n) is 5.40. The van der Waals surface area contributed by atoms with E-state index in [1.807, 2.05) is 20.0 Å². The topological polar surface area (TPSA) is 83.2 Å². The Kier molecular flexibility index (Phi) is 5.82. The van der Waals surface area contributed by atoms with Crippen LogP contribution in [0.4, 0.5) is 0 Å². The molecule has 1 N–H and O–H groups in total. The molecule has 7 nitrogen and oxygen atoms in total. The van der Waals surface area contributed by atoms with Gasteiger partial charge in [-0.25, -0.2) is 4.79 Å². The summed E-state index contributed by atoms with van der Waals surface area (Å²) in [6, 6.07) is 1.86. The first kappa shape index (κ1) is 20.6. The molecule has 29 heavy (non-hydrogen) atoms. The van der Waals surface area contributed by atoms with Gasteiger partial charge in [0.2, 0.25) is 0 Å². The molecular formula is C22H32N2O5. The maximum Gasteiger partial charge on any atom is 0.349 e. The van der Waals surface area contributed by atoms with Crippen molar-refractivity contribution in [2.75, 3.05) is 46.4 Å². The maximum absolute atomic E-state index is 13.1. The first-order valence-corrected chi connectivity index (χ1v) is 10.8. The number of piperidine rings is 2. The average Bonchev–Trinajstić information content (AvgIpc) is 2.67. The van der Waals surface area contributed by atoms with Gasteiger partial charge in [-0.15, -0.1) is 0 Å². The lowest BCUT2D eigenvalue weighted by Gasteiger charge is -2.48. The predicted octanol–water partition coefficient (Wildman–Crippen LogP) is 1.76. The lowest BCUT2D eigenvalue weighted by Crippen LogP contribution is -2.53. The molecule has 3 aliphatic rings. The molecule has 3 saturated heterocycles. The van der Waals surface area contributed by atoms with Gasteiger partial charge in [-0.2, -0.15) is 0 Å². The Labute approximate surface area is 171 Å². The summed E-state index contributed by atoms with van der Waals surface area (Å²) in [6.07, 6.45) is 3.87. The molecule has 4 rings (SSSR count). The Hall–Kier alpha value is -1.70. The second-order valence-electron chi connectivity index (χ2n) is 9.23. The molecule has 160 valence electrons. The quantitative estimate of drug-likeness (QED) is 0.809. The van der Waals surface area contributed by atoms with Crippen LogP contribution in [0.3, 0.4) is 0 Å². The number of hydrogen-bond acceptors (Lipinski definition) is 6. The molecule has 7 heteroatoms. The number of likely N-dealkylation sites (N-methyl/N-ethyl adjacent to an activating group) is 1. The van der Waals surface area contributed by atoms with Crippen LogP contribution >= 0.6 is 0 Å². The van der Waals surface area contributed by atoms with E-state index in [-0.39, 0.29) is 28.9 Å². The van der Waals surface area contributed by atoms with Crippen molar-refractivity contribution in [2.45, 2.75) is 51.0 Å². The zero-order valence-electron chi connectivity index (χ0n) is 17.5. The number of nitrogens with zero attached hydrogens (tertiary/aromatic N) is 2. The normalized spacial score (nSPS) is 26.0. The van der Waals surface area contributed by atoms with E-state index in [9.17, 15) is 14.7 Å². The third-order valence-corrected chi connectivity index (χ3v) is 6.91. The summed E-state index contributed by atoms with van der Waals surface area (Å²) in [5, 5.41) is 10.2. The zero-order valence-corrected chi connectivity index (χ0v) is 17.5. The van der Waals surface area contributed by atoms with E-state index in [0.717, 1.165) is 38.6 Å². The molecule has 0 saturated carbocycles. The van der Waals surface area contributed by atoms with Crippen molar-refractivity contribution in [1.82, 2.24) is 9.80 Å². The maximum atomic E-state index is 13.1. The van der Waals surface area contributed by atoms with Crippen LogP contribution in [0.25, 0.3) is 0 Å². The van der Waals surface area contributed by atoms with Crippen molar-refractivity contribution >= 4 is 5.91 Å². The first-order chi connectivity index (χ1) is 13.9. The van der Waals surface area contributed by atoms with Gasteiger partial charge in [-0.3, -0.25) is 4.79 Å². The third-order valence-electron chi connectivity index (χ3n) is 6.91. The number of carbonyl (C=O) groups is 1. The minimum atomic E-state index is -0.524. The number of β-amino-alcohol motifs (C(OH)–C–C–N with tert-alkyl or cyclic N) is 1. The van der Waals surface area contributed by atoms with Crippen molar-refractivity contribution in [1.29, 1.82) is 0 Å². The van der Waals surface area contributed by atoms with Crippen molar-refractivity contribution in [3.8, 4) is 0 Å². The van der Waals surface area contributed by atoms with Gasteiger partial charge in [0.25, 0.3) is 5.91 Å². The Bertz CT molecular complexity index is 794. The summed E-state index contributed by atoms with van der Waals surface area (Å²) in [6.45, 7) is 6.06. The van der Waals surface area contributed by atoms with Gasteiger partial charge in [0.15, 0.2) is 0 Å². The molecular weight excluding hydrogens is 372 g/mol. The van der Waals surface area contributed by atoms with Gasteiger partial charge >= 0.3 is 5.63 Å². The van der Waals surface area contributed by atoms with E-state index in [4.69, 9.17) is 9.15 Å². The number of carbonyl (C=O) groups excluding carboxylic acids is 1. The van der Waals surface area contributed by atoms with Gasteiger partial charge in [-0.05, 0) is 63.1 Å². The summed E-state index contributed by atoms with van der Waals surface area (Å²) in [4.78, 5) is 29.8. The Morgan fingerprint density at radius 1 is 1.24 bits per heavy atom. The molecule has 3 fully saturated rings. The van der Waals surface area contributed by atoms with Crippen molar-refractivity contribution < 1.29 is 19.1 Å². The molecule has 1 unspecified atom stereocenters. The molecule has 0 aromatic carbocycles. The highest BCUT2D eigenvalue weighted by Gasteiger charge is 2.41. The third kappa shape index (κ3) is 4.27. The molecule has 4 heterocycles. The minimum Gasteiger partial charge on any atom is -0.427 e. The molecule has 1 aromatic rings. The average molecular weight is 405 g/mol. The standard InChI is InChI=1S/C22H32N2O5/c1-15-11-18(16-3-9-28-10-4-16)29-21(27)19(15)20(26)24-7-5-22(6-8-24)12-17(25)13-23(2)14-22/h11,16-17,25H,3-10,12-14H2,1-2H3. The number of ether oxygens (including phenoxy) is 1. The summed E-state index contributed by atoms with van der Waals surface area (Å²) in [5.41, 5.74) is 0.401. The number of hydrogen-bond donors (Lipinski definition) is 1. The monoisotopic (exact) mass is 404 g/mol. The largest absolute Gasteiger partial charge is 0.427 e. The molecule has 0 bridgehead atoms. The van der Waals surface area contributed by atoms with Gasteiger partial charge in [-0.1, -0.05) is 0 Å². The van der Waals surface area contributed by atoms with Crippen molar-refractivity contribution in [2.24, 2.45) is 5.41 Å². The van der Waals surface area contributed by atoms with Crippen LogP contribution in [0.2, 0.25) is 0 Å². The molecule has 0 aliphatic carbocycles. The van der Waals surface area contributed by atoms with Crippen LogP contribution in [0.5, 0.6) is 0 Å². The predicted molar refractivity (Wildman–Crippen MR) is 108 cm³/mol. The number of amides is 1. The summed E-state index contributed by atoms with van der Waals surface area (Å²) < 4.78 is 11.0. The highest BCUT2D eigenvalue weighted by molar-refractivity contribution is 5.95. The highest BCUT2D eigenvalue weighted by atomic mass is 16.5. The van der Waals surface area contributed by atoms with Gasteiger partial charge in [0.1, 0.15) is 11.3 Å². The highest BCUT2D eigenvalue weighted by Crippen LogP contribution is 2.40. The summed E-state index contributed by atoms with van der Waals surface area (Å²) in [7, 11) is 2.04. The van der Waals surface area contributed by atoms with Crippen LogP contribution in [0.1, 0.15) is 59.7 Å². The van der Waals surface area contributed by atoms with Gasteiger partial charge in [0, 0.05) is 45.3 Å². The zero-order chi connectivity index (χ0) is 20.6. The second kappa shape index (κ2) is 8.20. The number of likely N-dealkylation sites (tertiary alicyclic amines) is 2. The fraction of sp³-hybridized carbons (Fsp3) is 0.727. The van der Waals surface area contributed by atoms with E-state index in [0.29, 0.717) is 44.2 Å². The van der Waals surface area contributed by atoms with Crippen LogP contribution < -0.4 is 5.63 Å². The minimum absolute atomic E-state index is 0.0653. The van der Waals surface area contributed by atoms with Crippen molar-refractivity contribution in [3.05, 3.63) is 33.4 Å². The number of aryl methyl sites for hydroxylation is 1. The van der Waals surface area contributed by atoms with Gasteiger partial charge in [0.05, 0.1) is 6.10 Å². The van der Waals surface area contributed by atoms with E-state index < -0.39 is 5.63 Å². The molecule has 1 spiro atoms. The Morgan fingerprint density at radius 3 is 2.55 bits per heavy atom. The van der Waals surface area contributed by atoms with E-state index in [2.05, 4.69) is 4.90 Å². The summed E-state index contributed by atoms with van der Waals surface area (Å²) in [5.74, 6) is 0.627. The Balaban J connectivity index is 1.47.